The van der Waals surface area contributed by atoms with Crippen LogP contribution in [0.15, 0.2) is 114 Å². The van der Waals surface area contributed by atoms with Crippen LogP contribution in [0.25, 0.3) is 0 Å². The number of nitrogens with zero attached hydrogens (tertiary/aromatic N) is 1. The van der Waals surface area contributed by atoms with E-state index in [2.05, 4.69) is 71.6 Å². The molecule has 1 unspecified atom stereocenters. The predicted octanol–water partition coefficient (Wildman–Crippen LogP) is 7.30. The molecule has 4 aromatic rings. The van der Waals surface area contributed by atoms with Gasteiger partial charge in [0.15, 0.2) is 0 Å². The SMILES string of the molecule is Fc1ccc(SC2(c3ccc(OCc4ccccc4)cc3)CCN(Cc3ccccc3)C2)cc1. The molecular weight excluding hydrogens is 441 g/mol. The van der Waals surface area contributed by atoms with Gasteiger partial charge in [-0.3, -0.25) is 4.90 Å². The van der Waals surface area contributed by atoms with Crippen molar-refractivity contribution in [3.05, 3.63) is 132 Å². The van der Waals surface area contributed by atoms with Crippen LogP contribution in [0.3, 0.4) is 0 Å². The molecule has 1 aliphatic rings. The number of benzene rings is 4. The van der Waals surface area contributed by atoms with Gasteiger partial charge in [-0.2, -0.15) is 0 Å². The van der Waals surface area contributed by atoms with Gasteiger partial charge >= 0.3 is 0 Å². The van der Waals surface area contributed by atoms with Crippen LogP contribution in [0.5, 0.6) is 5.75 Å². The predicted molar refractivity (Wildman–Crippen MR) is 137 cm³/mol. The zero-order chi connectivity index (χ0) is 23.2. The van der Waals surface area contributed by atoms with Crippen molar-refractivity contribution in [3.8, 4) is 5.75 Å². The average Bonchev–Trinajstić information content (AvgIpc) is 3.29. The lowest BCUT2D eigenvalue weighted by atomic mass is 9.97. The van der Waals surface area contributed by atoms with Gasteiger partial charge in [0.25, 0.3) is 0 Å². The molecule has 0 saturated carbocycles. The molecule has 0 bridgehead atoms. The Labute approximate surface area is 205 Å². The Hall–Kier alpha value is -3.08. The molecule has 5 rings (SSSR count). The molecular formula is C30H28FNOS. The molecule has 2 nitrogen and oxygen atoms in total. The Kier molecular flexibility index (Phi) is 6.98. The summed E-state index contributed by atoms with van der Waals surface area (Å²) in [5.74, 6) is 0.670. The number of likely N-dealkylation sites (tertiary alicyclic amines) is 1. The van der Waals surface area contributed by atoms with Crippen LogP contribution in [-0.2, 0) is 17.9 Å². The number of ether oxygens (including phenoxy) is 1. The number of hydrogen-bond acceptors (Lipinski definition) is 3. The topological polar surface area (TPSA) is 12.5 Å². The number of hydrogen-bond donors (Lipinski definition) is 0. The minimum atomic E-state index is -0.199. The van der Waals surface area contributed by atoms with E-state index in [1.807, 2.05) is 42.1 Å². The Morgan fingerprint density at radius 3 is 2.09 bits per heavy atom. The first kappa shape index (κ1) is 22.7. The van der Waals surface area contributed by atoms with E-state index in [0.717, 1.165) is 42.3 Å². The molecule has 172 valence electrons. The second-order valence-electron chi connectivity index (χ2n) is 8.80. The standard InChI is InChI=1S/C30H28FNOS/c31-27-13-17-29(18-14-27)34-30(19-20-32(23-30)21-24-7-3-1-4-8-24)26-11-15-28(16-12-26)33-22-25-9-5-2-6-10-25/h1-18H,19-23H2. The molecule has 0 spiro atoms. The van der Waals surface area contributed by atoms with Gasteiger partial charge in [0, 0.05) is 24.5 Å². The Balaban J connectivity index is 1.35. The quantitative estimate of drug-likeness (QED) is 0.269. The van der Waals surface area contributed by atoms with E-state index in [1.165, 1.54) is 11.1 Å². The summed E-state index contributed by atoms with van der Waals surface area (Å²) in [6.07, 6.45) is 1.03. The lowest BCUT2D eigenvalue weighted by Gasteiger charge is -2.30. The summed E-state index contributed by atoms with van der Waals surface area (Å²) in [5.41, 5.74) is 3.77. The molecule has 1 atom stereocenters. The summed E-state index contributed by atoms with van der Waals surface area (Å²) in [4.78, 5) is 3.61. The summed E-state index contributed by atoms with van der Waals surface area (Å²) in [6.45, 7) is 3.45. The van der Waals surface area contributed by atoms with Crippen LogP contribution in [0.1, 0.15) is 23.1 Å². The summed E-state index contributed by atoms with van der Waals surface area (Å²) in [5, 5.41) is 0. The fourth-order valence-corrected chi connectivity index (χ4v) is 5.95. The van der Waals surface area contributed by atoms with Crippen molar-refractivity contribution in [2.75, 3.05) is 13.1 Å². The summed E-state index contributed by atoms with van der Waals surface area (Å²) in [6, 6.07) is 36.3. The third-order valence-corrected chi connectivity index (χ3v) is 7.78. The van der Waals surface area contributed by atoms with Crippen LogP contribution in [0.2, 0.25) is 0 Å². The highest BCUT2D eigenvalue weighted by Crippen LogP contribution is 2.48. The highest BCUT2D eigenvalue weighted by molar-refractivity contribution is 8.00. The first-order valence-electron chi connectivity index (χ1n) is 11.7. The first-order chi connectivity index (χ1) is 16.7. The molecule has 1 saturated heterocycles. The first-order valence-corrected chi connectivity index (χ1v) is 12.5. The van der Waals surface area contributed by atoms with E-state index in [0.29, 0.717) is 6.61 Å². The van der Waals surface area contributed by atoms with Crippen LogP contribution in [-0.4, -0.2) is 18.0 Å². The third-order valence-electron chi connectivity index (χ3n) is 6.32. The monoisotopic (exact) mass is 469 g/mol. The highest BCUT2D eigenvalue weighted by Gasteiger charge is 2.40. The smallest absolute Gasteiger partial charge is 0.123 e. The van der Waals surface area contributed by atoms with E-state index in [-0.39, 0.29) is 10.6 Å². The number of rotatable bonds is 8. The molecule has 0 N–H and O–H groups in total. The third kappa shape index (κ3) is 5.52. The van der Waals surface area contributed by atoms with Crippen molar-refractivity contribution in [2.45, 2.75) is 29.2 Å². The van der Waals surface area contributed by atoms with Gasteiger partial charge in [-0.15, -0.1) is 11.8 Å². The second-order valence-corrected chi connectivity index (χ2v) is 10.3. The lowest BCUT2D eigenvalue weighted by Crippen LogP contribution is -2.28. The highest BCUT2D eigenvalue weighted by atomic mass is 32.2. The fraction of sp³-hybridized carbons (Fsp3) is 0.200. The van der Waals surface area contributed by atoms with Gasteiger partial charge in [0.1, 0.15) is 18.2 Å². The van der Waals surface area contributed by atoms with Gasteiger partial charge in [-0.05, 0) is 59.5 Å². The van der Waals surface area contributed by atoms with Crippen molar-refractivity contribution >= 4 is 11.8 Å². The fourth-order valence-electron chi connectivity index (χ4n) is 4.54. The Morgan fingerprint density at radius 1 is 0.765 bits per heavy atom. The van der Waals surface area contributed by atoms with Crippen LogP contribution in [0, 0.1) is 5.82 Å². The molecule has 4 aromatic carbocycles. The van der Waals surface area contributed by atoms with Crippen molar-refractivity contribution < 1.29 is 9.13 Å². The average molecular weight is 470 g/mol. The van der Waals surface area contributed by atoms with E-state index in [9.17, 15) is 4.39 Å². The Bertz CT molecular complexity index is 1180. The summed E-state index contributed by atoms with van der Waals surface area (Å²) in [7, 11) is 0. The number of halogens is 1. The zero-order valence-electron chi connectivity index (χ0n) is 19.1. The minimum Gasteiger partial charge on any atom is -0.489 e. The second kappa shape index (κ2) is 10.5. The normalized spacial score (nSPS) is 18.1. The van der Waals surface area contributed by atoms with Crippen LogP contribution < -0.4 is 4.74 Å². The molecule has 4 heteroatoms. The lowest BCUT2D eigenvalue weighted by molar-refractivity contribution is 0.306. The van der Waals surface area contributed by atoms with Gasteiger partial charge in [0.2, 0.25) is 0 Å². The molecule has 34 heavy (non-hydrogen) atoms. The van der Waals surface area contributed by atoms with E-state index >= 15 is 0 Å². The molecule has 0 aromatic heterocycles. The van der Waals surface area contributed by atoms with Crippen LogP contribution >= 0.6 is 11.8 Å². The van der Waals surface area contributed by atoms with Gasteiger partial charge in [-0.1, -0.05) is 72.8 Å². The van der Waals surface area contributed by atoms with Gasteiger partial charge in [0.05, 0.1) is 4.75 Å². The maximum absolute atomic E-state index is 13.5. The summed E-state index contributed by atoms with van der Waals surface area (Å²) < 4.78 is 19.5. The van der Waals surface area contributed by atoms with Crippen molar-refractivity contribution in [2.24, 2.45) is 0 Å². The maximum Gasteiger partial charge on any atom is 0.123 e. The van der Waals surface area contributed by atoms with Gasteiger partial charge in [-0.25, -0.2) is 4.39 Å². The summed E-state index contributed by atoms with van der Waals surface area (Å²) >= 11 is 1.84. The maximum atomic E-state index is 13.5. The molecule has 0 amide bonds. The molecule has 0 radical (unpaired) electrons. The van der Waals surface area contributed by atoms with E-state index < -0.39 is 0 Å². The van der Waals surface area contributed by atoms with Crippen molar-refractivity contribution in [1.29, 1.82) is 0 Å². The molecule has 1 heterocycles. The zero-order valence-corrected chi connectivity index (χ0v) is 19.9. The van der Waals surface area contributed by atoms with Crippen molar-refractivity contribution in [3.63, 3.8) is 0 Å². The van der Waals surface area contributed by atoms with Crippen molar-refractivity contribution in [1.82, 2.24) is 4.90 Å². The van der Waals surface area contributed by atoms with E-state index in [4.69, 9.17) is 4.74 Å². The molecule has 0 aliphatic carbocycles. The Morgan fingerprint density at radius 2 is 1.41 bits per heavy atom. The van der Waals surface area contributed by atoms with Gasteiger partial charge < -0.3 is 4.74 Å². The molecule has 1 aliphatic heterocycles. The van der Waals surface area contributed by atoms with Crippen LogP contribution in [0.4, 0.5) is 4.39 Å². The van der Waals surface area contributed by atoms with E-state index in [1.54, 1.807) is 12.1 Å². The largest absolute Gasteiger partial charge is 0.489 e. The minimum absolute atomic E-state index is 0.0927. The molecule has 1 fully saturated rings. The number of thioether (sulfide) groups is 1.